The number of unbranched alkanes of at least 4 members (excludes halogenated alkanes) is 1. The highest BCUT2D eigenvalue weighted by Gasteiger charge is 2.39. The van der Waals surface area contributed by atoms with Crippen molar-refractivity contribution >= 4 is 16.2 Å². The van der Waals surface area contributed by atoms with Gasteiger partial charge >= 0.3 is 5.97 Å². The number of morpholine rings is 1. The van der Waals surface area contributed by atoms with E-state index in [9.17, 15) is 13.2 Å². The van der Waals surface area contributed by atoms with Gasteiger partial charge in [-0.1, -0.05) is 13.3 Å². The van der Waals surface area contributed by atoms with Gasteiger partial charge in [-0.25, -0.2) is 0 Å². The number of esters is 1. The fourth-order valence-corrected chi connectivity index (χ4v) is 3.35. The Balaban J connectivity index is 2.86. The average molecular weight is 294 g/mol. The molecule has 0 aromatic heterocycles. The van der Waals surface area contributed by atoms with E-state index in [-0.39, 0.29) is 19.8 Å². The van der Waals surface area contributed by atoms with Crippen LogP contribution < -0.4 is 0 Å². The molecule has 0 bridgehead atoms. The minimum atomic E-state index is -3.65. The standard InChI is InChI=1S/C11H22N2O5S/c1-4-5-6-12(2)19(15,16)13-7-8-18-9-10(13)11(14)17-3/h10H,4-9H2,1-3H3. The van der Waals surface area contributed by atoms with Crippen molar-refractivity contribution in [2.24, 2.45) is 0 Å². The first-order valence-electron chi connectivity index (χ1n) is 6.33. The highest BCUT2D eigenvalue weighted by molar-refractivity contribution is 7.86. The molecule has 1 unspecified atom stereocenters. The number of hydrogen-bond donors (Lipinski definition) is 0. The van der Waals surface area contributed by atoms with Crippen LogP contribution in [0.2, 0.25) is 0 Å². The highest BCUT2D eigenvalue weighted by Crippen LogP contribution is 2.16. The Kier molecular flexibility index (Phi) is 6.18. The first kappa shape index (κ1) is 16.4. The van der Waals surface area contributed by atoms with Gasteiger partial charge in [0.1, 0.15) is 6.04 Å². The van der Waals surface area contributed by atoms with Gasteiger partial charge in [0.2, 0.25) is 0 Å². The van der Waals surface area contributed by atoms with Crippen molar-refractivity contribution in [3.05, 3.63) is 0 Å². The second kappa shape index (κ2) is 7.18. The molecule has 7 nitrogen and oxygen atoms in total. The second-order valence-electron chi connectivity index (χ2n) is 4.41. The van der Waals surface area contributed by atoms with Gasteiger partial charge in [0.15, 0.2) is 0 Å². The summed E-state index contributed by atoms with van der Waals surface area (Å²) >= 11 is 0. The lowest BCUT2D eigenvalue weighted by Gasteiger charge is -2.35. The molecule has 0 saturated carbocycles. The molecule has 0 radical (unpaired) electrons. The lowest BCUT2D eigenvalue weighted by molar-refractivity contribution is -0.149. The smallest absolute Gasteiger partial charge is 0.326 e. The van der Waals surface area contributed by atoms with Gasteiger partial charge in [-0.05, 0) is 6.42 Å². The molecule has 1 atom stereocenters. The molecule has 0 aromatic carbocycles. The molecular formula is C11H22N2O5S. The first-order valence-corrected chi connectivity index (χ1v) is 7.73. The second-order valence-corrected chi connectivity index (χ2v) is 6.40. The maximum absolute atomic E-state index is 12.4. The van der Waals surface area contributed by atoms with Crippen molar-refractivity contribution in [1.82, 2.24) is 8.61 Å². The Morgan fingerprint density at radius 3 is 2.79 bits per heavy atom. The molecule has 1 rings (SSSR count). The van der Waals surface area contributed by atoms with E-state index in [1.807, 2.05) is 6.92 Å². The Labute approximate surface area is 114 Å². The molecule has 112 valence electrons. The van der Waals surface area contributed by atoms with E-state index < -0.39 is 22.2 Å². The quantitative estimate of drug-likeness (QED) is 0.636. The molecule has 0 N–H and O–H groups in total. The van der Waals surface area contributed by atoms with Gasteiger partial charge in [-0.15, -0.1) is 0 Å². The molecule has 0 amide bonds. The van der Waals surface area contributed by atoms with Crippen LogP contribution in [0.25, 0.3) is 0 Å². The summed E-state index contributed by atoms with van der Waals surface area (Å²) in [6.45, 7) is 2.91. The van der Waals surface area contributed by atoms with Crippen LogP contribution in [0.1, 0.15) is 19.8 Å². The van der Waals surface area contributed by atoms with E-state index in [1.54, 1.807) is 0 Å². The molecule has 0 spiro atoms. The molecule has 0 aromatic rings. The topological polar surface area (TPSA) is 76.2 Å². The van der Waals surface area contributed by atoms with Crippen LogP contribution in [0, 0.1) is 0 Å². The summed E-state index contributed by atoms with van der Waals surface area (Å²) in [5, 5.41) is 0. The molecule has 1 aliphatic heterocycles. The normalized spacial score (nSPS) is 21.6. The minimum Gasteiger partial charge on any atom is -0.468 e. The third kappa shape index (κ3) is 3.88. The average Bonchev–Trinajstić information content (AvgIpc) is 2.43. The molecule has 1 fully saturated rings. The van der Waals surface area contributed by atoms with Crippen LogP contribution in [-0.2, 0) is 24.5 Å². The van der Waals surface area contributed by atoms with Gasteiger partial charge in [0, 0.05) is 20.1 Å². The van der Waals surface area contributed by atoms with Crippen molar-refractivity contribution in [1.29, 1.82) is 0 Å². The highest BCUT2D eigenvalue weighted by atomic mass is 32.2. The first-order chi connectivity index (χ1) is 8.95. The van der Waals surface area contributed by atoms with Gasteiger partial charge < -0.3 is 9.47 Å². The SMILES string of the molecule is CCCCN(C)S(=O)(=O)N1CCOCC1C(=O)OC. The molecule has 1 aliphatic rings. The van der Waals surface area contributed by atoms with Crippen molar-refractivity contribution in [2.45, 2.75) is 25.8 Å². The van der Waals surface area contributed by atoms with Gasteiger partial charge in [-0.2, -0.15) is 17.0 Å². The van der Waals surface area contributed by atoms with E-state index >= 15 is 0 Å². The van der Waals surface area contributed by atoms with Crippen LogP contribution in [0.15, 0.2) is 0 Å². The molecular weight excluding hydrogens is 272 g/mol. The van der Waals surface area contributed by atoms with Crippen LogP contribution >= 0.6 is 0 Å². The summed E-state index contributed by atoms with van der Waals surface area (Å²) in [7, 11) is -0.891. The third-order valence-corrected chi connectivity index (χ3v) is 5.07. The largest absolute Gasteiger partial charge is 0.468 e. The maximum atomic E-state index is 12.4. The monoisotopic (exact) mass is 294 g/mol. The molecule has 8 heteroatoms. The maximum Gasteiger partial charge on any atom is 0.326 e. The van der Waals surface area contributed by atoms with Crippen LogP contribution in [0.4, 0.5) is 0 Å². The fraction of sp³-hybridized carbons (Fsp3) is 0.909. The Morgan fingerprint density at radius 2 is 2.21 bits per heavy atom. The molecule has 19 heavy (non-hydrogen) atoms. The zero-order valence-corrected chi connectivity index (χ0v) is 12.5. The van der Waals surface area contributed by atoms with Gasteiger partial charge in [0.25, 0.3) is 10.2 Å². The van der Waals surface area contributed by atoms with E-state index in [4.69, 9.17) is 4.74 Å². The van der Waals surface area contributed by atoms with E-state index in [0.717, 1.165) is 17.1 Å². The summed E-state index contributed by atoms with van der Waals surface area (Å²) < 4.78 is 37.1. The molecule has 0 aliphatic carbocycles. The summed E-state index contributed by atoms with van der Waals surface area (Å²) in [6.07, 6.45) is 1.69. The van der Waals surface area contributed by atoms with Crippen LogP contribution in [0.3, 0.4) is 0 Å². The number of ether oxygens (including phenoxy) is 2. The van der Waals surface area contributed by atoms with Gasteiger partial charge in [-0.3, -0.25) is 4.79 Å². The lowest BCUT2D eigenvalue weighted by Crippen LogP contribution is -2.56. The van der Waals surface area contributed by atoms with Gasteiger partial charge in [0.05, 0.1) is 20.3 Å². The number of carbonyl (C=O) groups excluding carboxylic acids is 1. The summed E-state index contributed by atoms with van der Waals surface area (Å²) in [5.74, 6) is -0.591. The molecule has 1 saturated heterocycles. The predicted octanol–water partition coefficient (Wildman–Crippen LogP) is -0.163. The number of hydrogen-bond acceptors (Lipinski definition) is 5. The van der Waals surface area contributed by atoms with Crippen LogP contribution in [0.5, 0.6) is 0 Å². The Bertz CT molecular complexity index is 398. The Morgan fingerprint density at radius 1 is 1.53 bits per heavy atom. The van der Waals surface area contributed by atoms with E-state index in [1.165, 1.54) is 18.5 Å². The fourth-order valence-electron chi connectivity index (χ4n) is 1.86. The van der Waals surface area contributed by atoms with Crippen molar-refractivity contribution in [3.63, 3.8) is 0 Å². The number of rotatable bonds is 6. The predicted molar refractivity (Wildman–Crippen MR) is 69.8 cm³/mol. The van der Waals surface area contributed by atoms with Crippen molar-refractivity contribution in [2.75, 3.05) is 40.5 Å². The summed E-state index contributed by atoms with van der Waals surface area (Å²) in [6, 6.07) is -0.896. The summed E-state index contributed by atoms with van der Waals surface area (Å²) in [5.41, 5.74) is 0. The van der Waals surface area contributed by atoms with E-state index in [0.29, 0.717) is 6.54 Å². The third-order valence-electron chi connectivity index (χ3n) is 3.07. The Hall–Kier alpha value is -0.700. The van der Waals surface area contributed by atoms with E-state index in [2.05, 4.69) is 4.74 Å². The van der Waals surface area contributed by atoms with Crippen LogP contribution in [-0.4, -0.2) is 69.5 Å². The zero-order valence-electron chi connectivity index (χ0n) is 11.7. The lowest BCUT2D eigenvalue weighted by atomic mass is 10.3. The zero-order chi connectivity index (χ0) is 14.5. The van der Waals surface area contributed by atoms with Crippen molar-refractivity contribution < 1.29 is 22.7 Å². The number of nitrogens with zero attached hydrogens (tertiary/aromatic N) is 2. The number of methoxy groups -OCH3 is 1. The minimum absolute atomic E-state index is 0.0352. The number of carbonyl (C=O) groups is 1. The van der Waals surface area contributed by atoms with Crippen molar-refractivity contribution in [3.8, 4) is 0 Å². The summed E-state index contributed by atoms with van der Waals surface area (Å²) in [4.78, 5) is 11.6. The molecule has 1 heterocycles.